The molecule has 0 aliphatic carbocycles. The molecule has 0 aromatic carbocycles. The van der Waals surface area contributed by atoms with Gasteiger partial charge < -0.3 is 5.11 Å². The van der Waals surface area contributed by atoms with Gasteiger partial charge in [0.15, 0.2) is 0 Å². The highest BCUT2D eigenvalue weighted by Crippen LogP contribution is 2.29. The Labute approximate surface area is 111 Å². The first-order chi connectivity index (χ1) is 7.68. The van der Waals surface area contributed by atoms with E-state index in [1.165, 1.54) is 11.3 Å². The van der Waals surface area contributed by atoms with Crippen molar-refractivity contribution in [3.63, 3.8) is 0 Å². The number of halogens is 4. The third-order valence-electron chi connectivity index (χ3n) is 2.36. The van der Waals surface area contributed by atoms with Gasteiger partial charge in [0.05, 0.1) is 9.39 Å². The predicted molar refractivity (Wildman–Crippen MR) is 66.3 cm³/mol. The van der Waals surface area contributed by atoms with Crippen LogP contribution in [-0.4, -0.2) is 16.9 Å². The minimum atomic E-state index is -4.14. The minimum Gasteiger partial charge on any atom is -0.390 e. The Kier molecular flexibility index (Phi) is 5.04. The van der Waals surface area contributed by atoms with E-state index in [0.29, 0.717) is 6.42 Å². The van der Waals surface area contributed by atoms with Crippen LogP contribution in [0.25, 0.3) is 0 Å². The molecule has 0 spiro atoms. The Morgan fingerprint density at radius 1 is 1.29 bits per heavy atom. The van der Waals surface area contributed by atoms with Crippen LogP contribution in [0.5, 0.6) is 0 Å². The number of hydrogen-bond acceptors (Lipinski definition) is 2. The van der Waals surface area contributed by atoms with Gasteiger partial charge in [0.25, 0.3) is 0 Å². The number of alkyl halides is 3. The second-order valence-corrected chi connectivity index (χ2v) is 6.90. The summed E-state index contributed by atoms with van der Waals surface area (Å²) < 4.78 is 36.9. The van der Waals surface area contributed by atoms with E-state index in [4.69, 9.17) is 0 Å². The second kappa shape index (κ2) is 5.71. The Bertz CT molecular complexity index is 360. The molecular formula is C11H14BrF3OS. The van der Waals surface area contributed by atoms with Gasteiger partial charge in [-0.3, -0.25) is 0 Å². The van der Waals surface area contributed by atoms with Gasteiger partial charge in [-0.25, -0.2) is 0 Å². The van der Waals surface area contributed by atoms with E-state index in [-0.39, 0.29) is 12.8 Å². The molecule has 1 nitrogen and oxygen atoms in total. The van der Waals surface area contributed by atoms with Gasteiger partial charge >= 0.3 is 6.18 Å². The van der Waals surface area contributed by atoms with Crippen LogP contribution in [0, 0.1) is 0 Å². The van der Waals surface area contributed by atoms with Crippen molar-refractivity contribution in [3.8, 4) is 0 Å². The zero-order valence-corrected chi connectivity index (χ0v) is 11.8. The third kappa shape index (κ3) is 6.43. The van der Waals surface area contributed by atoms with Gasteiger partial charge in [0, 0.05) is 17.7 Å². The normalized spacial score (nSPS) is 15.9. The van der Waals surface area contributed by atoms with Gasteiger partial charge in [-0.05, 0) is 47.8 Å². The summed E-state index contributed by atoms with van der Waals surface area (Å²) in [4.78, 5) is 0.967. The molecule has 0 fully saturated rings. The molecule has 0 aliphatic rings. The molecule has 6 heteroatoms. The quantitative estimate of drug-likeness (QED) is 0.840. The molecule has 0 saturated carbocycles. The molecule has 1 atom stereocenters. The maximum Gasteiger partial charge on any atom is 0.389 e. The lowest BCUT2D eigenvalue weighted by atomic mass is 9.94. The molecular weight excluding hydrogens is 317 g/mol. The van der Waals surface area contributed by atoms with Crippen molar-refractivity contribution in [1.29, 1.82) is 0 Å². The fourth-order valence-electron chi connectivity index (χ4n) is 1.58. The minimum absolute atomic E-state index is 0.0386. The summed E-state index contributed by atoms with van der Waals surface area (Å²) in [6.45, 7) is 1.58. The van der Waals surface area contributed by atoms with Crippen LogP contribution >= 0.6 is 27.3 Å². The highest BCUT2D eigenvalue weighted by molar-refractivity contribution is 9.11. The fourth-order valence-corrected chi connectivity index (χ4v) is 3.24. The Morgan fingerprint density at radius 2 is 1.94 bits per heavy atom. The van der Waals surface area contributed by atoms with E-state index in [0.717, 1.165) is 8.66 Å². The molecule has 0 radical (unpaired) electrons. The zero-order chi connectivity index (χ0) is 13.1. The number of rotatable bonds is 5. The summed E-state index contributed by atoms with van der Waals surface area (Å²) in [6, 6.07) is 3.73. The van der Waals surface area contributed by atoms with E-state index in [9.17, 15) is 18.3 Å². The molecule has 1 N–H and O–H groups in total. The van der Waals surface area contributed by atoms with Crippen LogP contribution in [0.2, 0.25) is 0 Å². The molecule has 1 rings (SSSR count). The van der Waals surface area contributed by atoms with Crippen molar-refractivity contribution >= 4 is 27.3 Å². The largest absolute Gasteiger partial charge is 0.390 e. The van der Waals surface area contributed by atoms with Crippen molar-refractivity contribution in [1.82, 2.24) is 0 Å². The molecule has 17 heavy (non-hydrogen) atoms. The zero-order valence-electron chi connectivity index (χ0n) is 9.35. The molecule has 1 aromatic heterocycles. The lowest BCUT2D eigenvalue weighted by Gasteiger charge is -2.22. The maximum atomic E-state index is 12.0. The standard InChI is InChI=1S/C11H14BrF3OS/c1-10(16,5-2-6-11(13,14)15)7-8-3-4-9(12)17-8/h3-4,16H,2,5-7H2,1H3. The first-order valence-corrected chi connectivity index (χ1v) is 6.82. The van der Waals surface area contributed by atoms with Crippen molar-refractivity contribution in [2.75, 3.05) is 0 Å². The monoisotopic (exact) mass is 330 g/mol. The van der Waals surface area contributed by atoms with E-state index >= 15 is 0 Å². The molecule has 1 aromatic rings. The smallest absolute Gasteiger partial charge is 0.389 e. The Morgan fingerprint density at radius 3 is 2.41 bits per heavy atom. The lowest BCUT2D eigenvalue weighted by Crippen LogP contribution is -2.27. The molecule has 0 amide bonds. The lowest BCUT2D eigenvalue weighted by molar-refractivity contribution is -0.137. The van der Waals surface area contributed by atoms with Crippen LogP contribution in [-0.2, 0) is 6.42 Å². The van der Waals surface area contributed by atoms with Crippen LogP contribution in [0.15, 0.2) is 15.9 Å². The number of hydrogen-bond donors (Lipinski definition) is 1. The van der Waals surface area contributed by atoms with Crippen LogP contribution in [0.1, 0.15) is 31.1 Å². The Hall–Kier alpha value is -0.0700. The highest BCUT2D eigenvalue weighted by Gasteiger charge is 2.29. The Balaban J connectivity index is 2.41. The van der Waals surface area contributed by atoms with Crippen LogP contribution < -0.4 is 0 Å². The molecule has 1 heterocycles. The summed E-state index contributed by atoms with van der Waals surface area (Å²) in [7, 11) is 0. The number of aliphatic hydroxyl groups is 1. The van der Waals surface area contributed by atoms with E-state index in [2.05, 4.69) is 15.9 Å². The van der Waals surface area contributed by atoms with Crippen molar-refractivity contribution in [2.24, 2.45) is 0 Å². The first kappa shape index (κ1) is 15.0. The van der Waals surface area contributed by atoms with Crippen LogP contribution in [0.3, 0.4) is 0 Å². The predicted octanol–water partition coefficient (Wildman–Crippen LogP) is 4.54. The topological polar surface area (TPSA) is 20.2 Å². The third-order valence-corrected chi connectivity index (χ3v) is 3.98. The molecule has 0 aliphatic heterocycles. The SMILES string of the molecule is CC(O)(CCCC(F)(F)F)Cc1ccc(Br)s1. The average molecular weight is 331 g/mol. The second-order valence-electron chi connectivity index (χ2n) is 4.35. The van der Waals surface area contributed by atoms with Gasteiger partial charge in [0.2, 0.25) is 0 Å². The van der Waals surface area contributed by atoms with Crippen LogP contribution in [0.4, 0.5) is 13.2 Å². The first-order valence-electron chi connectivity index (χ1n) is 5.21. The molecule has 98 valence electrons. The van der Waals surface area contributed by atoms with Gasteiger partial charge in [-0.1, -0.05) is 0 Å². The molecule has 1 unspecified atom stereocenters. The highest BCUT2D eigenvalue weighted by atomic mass is 79.9. The van der Waals surface area contributed by atoms with Gasteiger partial charge in [-0.2, -0.15) is 13.2 Å². The van der Waals surface area contributed by atoms with Gasteiger partial charge in [-0.15, -0.1) is 11.3 Å². The van der Waals surface area contributed by atoms with E-state index in [1.807, 2.05) is 12.1 Å². The summed E-state index contributed by atoms with van der Waals surface area (Å²) in [6.07, 6.45) is -4.47. The molecule has 0 saturated heterocycles. The maximum absolute atomic E-state index is 12.0. The van der Waals surface area contributed by atoms with Crippen molar-refractivity contribution < 1.29 is 18.3 Å². The summed E-state index contributed by atoms with van der Waals surface area (Å²) in [5, 5.41) is 10.00. The van der Waals surface area contributed by atoms with E-state index in [1.54, 1.807) is 6.92 Å². The van der Waals surface area contributed by atoms with Crippen molar-refractivity contribution in [2.45, 2.75) is 44.4 Å². The average Bonchev–Trinajstić information content (AvgIpc) is 2.47. The number of thiophene rings is 1. The van der Waals surface area contributed by atoms with Crippen molar-refractivity contribution in [3.05, 3.63) is 20.8 Å². The summed E-state index contributed by atoms with van der Waals surface area (Å²) in [5.41, 5.74) is -1.07. The van der Waals surface area contributed by atoms with E-state index < -0.39 is 18.2 Å². The molecule has 0 bridgehead atoms. The fraction of sp³-hybridized carbons (Fsp3) is 0.636. The summed E-state index contributed by atoms with van der Waals surface area (Å²) >= 11 is 4.79. The summed E-state index contributed by atoms with van der Waals surface area (Å²) in [5.74, 6) is 0. The van der Waals surface area contributed by atoms with Gasteiger partial charge in [0.1, 0.15) is 0 Å².